The van der Waals surface area contributed by atoms with Crippen LogP contribution in [0.25, 0.3) is 11.3 Å². The number of nitrogens with one attached hydrogen (secondary N) is 1. The van der Waals surface area contributed by atoms with Crippen LogP contribution >= 0.6 is 0 Å². The van der Waals surface area contributed by atoms with Gasteiger partial charge in [0.25, 0.3) is 0 Å². The van der Waals surface area contributed by atoms with Crippen LogP contribution < -0.4 is 5.32 Å². The molecule has 1 heterocycles. The fraction of sp³-hybridized carbons (Fsp3) is 0.389. The van der Waals surface area contributed by atoms with E-state index < -0.39 is 17.2 Å². The lowest BCUT2D eigenvalue weighted by molar-refractivity contribution is 0.200. The first kappa shape index (κ1) is 15.9. The number of halogens is 2. The zero-order valence-electron chi connectivity index (χ0n) is 14.0. The fourth-order valence-electron chi connectivity index (χ4n) is 3.97. The van der Waals surface area contributed by atoms with Gasteiger partial charge in [-0.25, -0.2) is 13.6 Å². The van der Waals surface area contributed by atoms with Crippen LogP contribution in [-0.4, -0.2) is 35.2 Å². The lowest BCUT2D eigenvalue weighted by Gasteiger charge is -2.30. The number of carbonyl (C=O) groups excluding carboxylic acids is 1. The van der Waals surface area contributed by atoms with Crippen molar-refractivity contribution in [2.24, 2.45) is 0 Å². The third kappa shape index (κ3) is 2.37. The van der Waals surface area contributed by atoms with Crippen LogP contribution in [0.5, 0.6) is 0 Å². The van der Waals surface area contributed by atoms with Gasteiger partial charge < -0.3 is 10.2 Å². The van der Waals surface area contributed by atoms with E-state index in [0.717, 1.165) is 30.5 Å². The number of amides is 2. The van der Waals surface area contributed by atoms with E-state index in [9.17, 15) is 13.6 Å². The van der Waals surface area contributed by atoms with Crippen molar-refractivity contribution in [3.05, 3.63) is 47.2 Å². The summed E-state index contributed by atoms with van der Waals surface area (Å²) in [5.74, 6) is -1.09. The maximum Gasteiger partial charge on any atom is 0.317 e. The quantitative estimate of drug-likeness (QED) is 0.910. The summed E-state index contributed by atoms with van der Waals surface area (Å²) in [5.41, 5.74) is 1.15. The van der Waals surface area contributed by atoms with Gasteiger partial charge in [-0.15, -0.1) is 5.10 Å². The van der Waals surface area contributed by atoms with Gasteiger partial charge >= 0.3 is 6.03 Å². The summed E-state index contributed by atoms with van der Waals surface area (Å²) in [6.07, 6.45) is 2.46. The molecular formula is C18H18F2N4O. The Kier molecular flexibility index (Phi) is 3.49. The van der Waals surface area contributed by atoms with Crippen LogP contribution in [0.3, 0.4) is 0 Å². The van der Waals surface area contributed by atoms with Gasteiger partial charge in [-0.05, 0) is 48.9 Å². The Balaban J connectivity index is 1.76. The van der Waals surface area contributed by atoms with Crippen molar-refractivity contribution in [1.29, 1.82) is 0 Å². The van der Waals surface area contributed by atoms with Crippen molar-refractivity contribution in [1.82, 2.24) is 20.4 Å². The minimum absolute atomic E-state index is 0.160. The normalized spacial score (nSPS) is 23.4. The molecule has 4 rings (SSSR count). The molecule has 2 bridgehead atoms. The Morgan fingerprint density at radius 1 is 1.28 bits per heavy atom. The Morgan fingerprint density at radius 3 is 2.68 bits per heavy atom. The molecule has 1 aromatic carbocycles. The van der Waals surface area contributed by atoms with Gasteiger partial charge in [0.1, 0.15) is 11.6 Å². The minimum Gasteiger partial charge on any atom is -0.331 e. The molecule has 1 saturated carbocycles. The second kappa shape index (κ2) is 5.47. The van der Waals surface area contributed by atoms with Crippen LogP contribution in [0.1, 0.15) is 36.4 Å². The van der Waals surface area contributed by atoms with Gasteiger partial charge in [-0.2, -0.15) is 5.10 Å². The van der Waals surface area contributed by atoms with E-state index in [4.69, 9.17) is 0 Å². The topological polar surface area (TPSA) is 58.1 Å². The molecule has 0 aliphatic heterocycles. The molecule has 7 heteroatoms. The number of carbonyl (C=O) groups is 1. The van der Waals surface area contributed by atoms with Crippen molar-refractivity contribution in [2.75, 3.05) is 14.1 Å². The Morgan fingerprint density at radius 2 is 2.00 bits per heavy atom. The van der Waals surface area contributed by atoms with E-state index in [1.165, 1.54) is 23.1 Å². The molecule has 0 unspecified atom stereocenters. The Labute approximate surface area is 144 Å². The molecule has 0 saturated heterocycles. The number of nitrogens with zero attached hydrogens (tertiary/aromatic N) is 3. The number of benzene rings is 1. The molecule has 2 aliphatic carbocycles. The first-order valence-electron chi connectivity index (χ1n) is 8.23. The molecule has 5 nitrogen and oxygen atoms in total. The standard InChI is InChI=1S/C18H18F2N4O/c1-24(2)17(25)21-18-7-6-10(9-18)11-8-14(22-23-16(11)18)15-12(19)4-3-5-13(15)20/h3-5,8,10H,6-7,9H2,1-2H3,(H,21,25)/t10-,18-/m1/s1. The van der Waals surface area contributed by atoms with Crippen LogP contribution in [0.4, 0.5) is 13.6 Å². The molecule has 2 amide bonds. The average Bonchev–Trinajstić information content (AvgIpc) is 3.11. The van der Waals surface area contributed by atoms with E-state index in [2.05, 4.69) is 15.5 Å². The summed E-state index contributed by atoms with van der Waals surface area (Å²) in [6, 6.07) is 5.27. The number of rotatable bonds is 2. The van der Waals surface area contributed by atoms with Crippen LogP contribution in [-0.2, 0) is 5.54 Å². The molecule has 0 spiro atoms. The van der Waals surface area contributed by atoms with Gasteiger partial charge in [-0.3, -0.25) is 0 Å². The minimum atomic E-state index is -0.659. The van der Waals surface area contributed by atoms with Gasteiger partial charge in [-0.1, -0.05) is 6.07 Å². The number of urea groups is 1. The number of aromatic nitrogens is 2. The highest BCUT2D eigenvalue weighted by Crippen LogP contribution is 2.55. The SMILES string of the molecule is CN(C)C(=O)N[C@]12CC[C@H](C1)c1cc(-c3c(F)cccc3F)nnc12. The molecular weight excluding hydrogens is 326 g/mol. The summed E-state index contributed by atoms with van der Waals surface area (Å²) in [4.78, 5) is 13.6. The Hall–Kier alpha value is -2.57. The molecule has 1 fully saturated rings. The van der Waals surface area contributed by atoms with Gasteiger partial charge in [0.15, 0.2) is 0 Å². The molecule has 2 aliphatic rings. The maximum absolute atomic E-state index is 14.0. The molecule has 1 aromatic heterocycles. The molecule has 0 radical (unpaired) electrons. The lowest BCUT2D eigenvalue weighted by atomic mass is 9.91. The first-order valence-corrected chi connectivity index (χ1v) is 8.23. The van der Waals surface area contributed by atoms with Gasteiger partial charge in [0.2, 0.25) is 0 Å². The number of hydrogen-bond acceptors (Lipinski definition) is 3. The Bertz CT molecular complexity index is 850. The van der Waals surface area contributed by atoms with E-state index in [-0.39, 0.29) is 23.2 Å². The fourth-order valence-corrected chi connectivity index (χ4v) is 3.97. The van der Waals surface area contributed by atoms with Crippen molar-refractivity contribution in [3.8, 4) is 11.3 Å². The molecule has 1 N–H and O–H groups in total. The predicted molar refractivity (Wildman–Crippen MR) is 87.9 cm³/mol. The third-order valence-electron chi connectivity index (χ3n) is 5.20. The monoisotopic (exact) mass is 344 g/mol. The second-order valence-electron chi connectivity index (χ2n) is 6.98. The van der Waals surface area contributed by atoms with Crippen molar-refractivity contribution in [3.63, 3.8) is 0 Å². The zero-order chi connectivity index (χ0) is 17.8. The van der Waals surface area contributed by atoms with Crippen molar-refractivity contribution >= 4 is 6.03 Å². The first-order chi connectivity index (χ1) is 11.9. The third-order valence-corrected chi connectivity index (χ3v) is 5.20. The maximum atomic E-state index is 14.0. The van der Waals surface area contributed by atoms with Gasteiger partial charge in [0, 0.05) is 14.1 Å². The number of hydrogen-bond donors (Lipinski definition) is 1. The highest BCUT2D eigenvalue weighted by atomic mass is 19.1. The summed E-state index contributed by atoms with van der Waals surface area (Å²) in [5, 5.41) is 11.4. The summed E-state index contributed by atoms with van der Waals surface area (Å²) >= 11 is 0. The summed E-state index contributed by atoms with van der Waals surface area (Å²) in [6.45, 7) is 0. The average molecular weight is 344 g/mol. The van der Waals surface area contributed by atoms with Crippen LogP contribution in [0, 0.1) is 11.6 Å². The van der Waals surface area contributed by atoms with E-state index in [0.29, 0.717) is 0 Å². The molecule has 2 atom stereocenters. The van der Waals surface area contributed by atoms with Crippen molar-refractivity contribution in [2.45, 2.75) is 30.7 Å². The molecule has 25 heavy (non-hydrogen) atoms. The number of fused-ring (bicyclic) bond motifs is 5. The highest BCUT2D eigenvalue weighted by Gasteiger charge is 2.52. The zero-order valence-corrected chi connectivity index (χ0v) is 14.0. The van der Waals surface area contributed by atoms with Crippen LogP contribution in [0.2, 0.25) is 0 Å². The van der Waals surface area contributed by atoms with E-state index in [1.807, 2.05) is 0 Å². The van der Waals surface area contributed by atoms with E-state index in [1.54, 1.807) is 20.2 Å². The van der Waals surface area contributed by atoms with Crippen molar-refractivity contribution < 1.29 is 13.6 Å². The summed E-state index contributed by atoms with van der Waals surface area (Å²) in [7, 11) is 3.37. The highest BCUT2D eigenvalue weighted by molar-refractivity contribution is 5.75. The van der Waals surface area contributed by atoms with E-state index >= 15 is 0 Å². The smallest absolute Gasteiger partial charge is 0.317 e. The second-order valence-corrected chi connectivity index (χ2v) is 6.98. The summed E-state index contributed by atoms with van der Waals surface area (Å²) < 4.78 is 28.1. The van der Waals surface area contributed by atoms with Crippen LogP contribution in [0.15, 0.2) is 24.3 Å². The molecule has 130 valence electrons. The largest absolute Gasteiger partial charge is 0.331 e. The van der Waals surface area contributed by atoms with Gasteiger partial charge in [0.05, 0.1) is 22.5 Å². The lowest BCUT2D eigenvalue weighted by Crippen LogP contribution is -2.48. The predicted octanol–water partition coefficient (Wildman–Crippen LogP) is 3.17. The molecule has 2 aromatic rings.